The van der Waals surface area contributed by atoms with E-state index in [2.05, 4.69) is 161 Å². The Bertz CT molecular complexity index is 1800. The lowest BCUT2D eigenvalue weighted by molar-refractivity contribution is -0.105. The van der Waals surface area contributed by atoms with Crippen molar-refractivity contribution in [2.75, 3.05) is 65.7 Å². The van der Waals surface area contributed by atoms with Crippen LogP contribution in [0.1, 0.15) is 387 Å². The van der Waals surface area contributed by atoms with Crippen LogP contribution >= 0.6 is 0 Å². The number of hydrogen-bond acceptors (Lipinski definition) is 8. The molecule has 1 saturated heterocycles. The Balaban J connectivity index is 2.39. The first-order valence-electron chi connectivity index (χ1n) is 44.7. The summed E-state index contributed by atoms with van der Waals surface area (Å²) in [5.41, 5.74) is 0. The lowest BCUT2D eigenvalue weighted by atomic mass is 10.1. The molecule has 0 aromatic rings. The second-order valence-corrected chi connectivity index (χ2v) is 37.7. The molecule has 1 fully saturated rings. The largest absolute Gasteiger partial charge is 0.394 e. The van der Waals surface area contributed by atoms with Gasteiger partial charge in [-0.3, -0.25) is 0 Å². The molecule has 2 atom stereocenters. The van der Waals surface area contributed by atoms with Crippen LogP contribution in [0.4, 0.5) is 0 Å². The summed E-state index contributed by atoms with van der Waals surface area (Å²) in [5, 5.41) is 0. The maximum absolute atomic E-state index is 6.78. The van der Waals surface area contributed by atoms with Crippen LogP contribution in [0.3, 0.4) is 0 Å². The molecule has 0 aliphatic carbocycles. The fraction of sp³-hybridized carbons (Fsp3) is 0.826. The lowest BCUT2D eigenvalue weighted by Gasteiger charge is -2.34. The summed E-state index contributed by atoms with van der Waals surface area (Å²) in [5.74, 6) is 0. The second kappa shape index (κ2) is 78.6. The van der Waals surface area contributed by atoms with Crippen molar-refractivity contribution in [2.45, 2.75) is 426 Å². The molecule has 8 nitrogen and oxygen atoms in total. The third-order valence-corrected chi connectivity index (χ3v) is 23.5. The minimum atomic E-state index is -2.32. The molecule has 0 amide bonds. The highest BCUT2D eigenvalue weighted by atomic mass is 28.4. The van der Waals surface area contributed by atoms with Crippen molar-refractivity contribution in [1.29, 1.82) is 0 Å². The highest BCUT2D eigenvalue weighted by molar-refractivity contribution is 6.64. The van der Waals surface area contributed by atoms with E-state index in [1.54, 1.807) is 0 Å². The average Bonchev–Trinajstić information content (AvgIpc) is 0.942. The first-order chi connectivity index (χ1) is 50.1. The van der Waals surface area contributed by atoms with Gasteiger partial charge in [-0.15, -0.1) is 0 Å². The number of allylic oxidation sites excluding steroid dienone is 16. The third-order valence-electron chi connectivity index (χ3n) is 20.0. The number of ether oxygens (including phenoxy) is 2. The van der Waals surface area contributed by atoms with Gasteiger partial charge in [0.05, 0.1) is 0 Å². The molecule has 0 spiro atoms. The smallest absolute Gasteiger partial charge is 0.333 e. The maximum atomic E-state index is 6.78. The molecule has 0 bridgehead atoms. The molecular formula is C92H174N2O6Si2. The second-order valence-electron chi connectivity index (χ2n) is 31.1. The fourth-order valence-corrected chi connectivity index (χ4v) is 16.4. The van der Waals surface area contributed by atoms with Gasteiger partial charge in [0.2, 0.25) is 0 Å². The molecule has 1 aliphatic rings. The highest BCUT2D eigenvalue weighted by Gasteiger charge is 2.30. The van der Waals surface area contributed by atoms with E-state index >= 15 is 0 Å². The summed E-state index contributed by atoms with van der Waals surface area (Å²) in [7, 11) is -4.65. The molecule has 0 aromatic carbocycles. The topological polar surface area (TPSA) is 61.9 Å². The van der Waals surface area contributed by atoms with Crippen molar-refractivity contribution in [3.8, 4) is 0 Å². The van der Waals surface area contributed by atoms with Crippen molar-refractivity contribution in [2.24, 2.45) is 0 Å². The van der Waals surface area contributed by atoms with Gasteiger partial charge in [-0.2, -0.15) is 0 Å². The zero-order valence-electron chi connectivity index (χ0n) is 69.4. The van der Waals surface area contributed by atoms with Crippen LogP contribution in [0.5, 0.6) is 0 Å². The highest BCUT2D eigenvalue weighted by Crippen LogP contribution is 2.23. The minimum Gasteiger partial charge on any atom is -0.394 e. The molecule has 0 aromatic heterocycles. The van der Waals surface area contributed by atoms with Crippen molar-refractivity contribution < 1.29 is 27.2 Å². The molecular weight excluding hydrogens is 1290 g/mol. The zero-order valence-corrected chi connectivity index (χ0v) is 71.4. The third kappa shape index (κ3) is 73.5. The Hall–Kier alpha value is -1.97. The quantitative estimate of drug-likeness (QED) is 0.0258. The van der Waals surface area contributed by atoms with Crippen LogP contribution in [0.15, 0.2) is 97.2 Å². The van der Waals surface area contributed by atoms with Crippen molar-refractivity contribution in [3.05, 3.63) is 97.2 Å². The number of piperazine rings is 1. The molecule has 0 saturated carbocycles. The average molecular weight is 1460 g/mol. The van der Waals surface area contributed by atoms with Gasteiger partial charge in [0.1, 0.15) is 12.6 Å². The molecule has 102 heavy (non-hydrogen) atoms. The summed E-state index contributed by atoms with van der Waals surface area (Å²) in [6.45, 7) is 28.5. The molecule has 1 aliphatic heterocycles. The predicted octanol–water partition coefficient (Wildman–Crippen LogP) is 29.1. The van der Waals surface area contributed by atoms with Gasteiger partial charge in [-0.25, -0.2) is 0 Å². The summed E-state index contributed by atoms with van der Waals surface area (Å²) in [6, 6.07) is 0. The van der Waals surface area contributed by atoms with Crippen molar-refractivity contribution in [1.82, 2.24) is 9.80 Å². The number of hydrogen-bond donors (Lipinski definition) is 0. The summed E-state index contributed by atoms with van der Waals surface area (Å²) in [4.78, 5) is 5.41. The number of nitrogens with zero attached hydrogens (tertiary/aromatic N) is 2. The van der Waals surface area contributed by atoms with Crippen molar-refractivity contribution in [3.63, 3.8) is 0 Å². The Morgan fingerprint density at radius 1 is 0.245 bits per heavy atom. The lowest BCUT2D eigenvalue weighted by Crippen LogP contribution is -2.46. The minimum absolute atomic E-state index is 0.147. The van der Waals surface area contributed by atoms with Crippen LogP contribution in [0, 0.1) is 0 Å². The first-order valence-corrected chi connectivity index (χ1v) is 50.3. The van der Waals surface area contributed by atoms with E-state index < -0.39 is 17.1 Å². The van der Waals surface area contributed by atoms with E-state index in [4.69, 9.17) is 27.2 Å². The number of unbranched alkanes of at least 4 members (excludes halogenated alkanes) is 40. The van der Waals surface area contributed by atoms with E-state index in [-0.39, 0.29) is 12.6 Å². The monoisotopic (exact) mass is 1460 g/mol. The van der Waals surface area contributed by atoms with E-state index in [0.717, 1.165) is 103 Å². The van der Waals surface area contributed by atoms with Gasteiger partial charge in [-0.1, -0.05) is 292 Å². The van der Waals surface area contributed by atoms with Gasteiger partial charge in [0, 0.05) is 52.6 Å². The Morgan fingerprint density at radius 3 is 0.725 bits per heavy atom. The summed E-state index contributed by atoms with van der Waals surface area (Å²) >= 11 is 0. The molecule has 2 unspecified atom stereocenters. The van der Waals surface area contributed by atoms with Gasteiger partial charge >= 0.3 is 17.1 Å². The van der Waals surface area contributed by atoms with Crippen molar-refractivity contribution >= 4 is 17.1 Å². The molecule has 1 heterocycles. The Labute approximate surface area is 639 Å². The van der Waals surface area contributed by atoms with Crippen LogP contribution in [0.2, 0.25) is 26.2 Å². The summed E-state index contributed by atoms with van der Waals surface area (Å²) < 4.78 is 39.8. The van der Waals surface area contributed by atoms with E-state index in [9.17, 15) is 0 Å². The zero-order chi connectivity index (χ0) is 73.5. The normalized spacial score (nSPS) is 14.7. The fourth-order valence-electron chi connectivity index (χ4n) is 13.4. The Kier molecular flexibility index (Phi) is 75.6. The molecule has 596 valence electrons. The SMILES string of the molecule is CCCCC/C=C\C/C=C\CCCCCCCCOC(CCCCCCC/C=C\C/C=C\CCCCC)O[Si](C)(C)OCCCCCCN1CCN(CCCCCCO[Si](C)(C)OC(CCCCCCC/C=C\C/C=C\CCCCC)OCCCCCCCC/C=C\C/C=C\CCCCC)CC1. The number of rotatable bonds is 80. The van der Waals surface area contributed by atoms with Gasteiger partial charge in [-0.05, 0) is 232 Å². The molecule has 0 radical (unpaired) electrons. The molecule has 1 rings (SSSR count). The van der Waals surface area contributed by atoms with Crippen LogP contribution in [-0.2, 0) is 27.2 Å². The summed E-state index contributed by atoms with van der Waals surface area (Å²) in [6.07, 6.45) is 107. The maximum Gasteiger partial charge on any atom is 0.333 e. The van der Waals surface area contributed by atoms with Gasteiger partial charge in [0.25, 0.3) is 0 Å². The van der Waals surface area contributed by atoms with E-state index in [1.165, 1.54) is 322 Å². The van der Waals surface area contributed by atoms with Gasteiger partial charge < -0.3 is 37.0 Å². The molecule has 10 heteroatoms. The van der Waals surface area contributed by atoms with Gasteiger partial charge in [0.15, 0.2) is 0 Å². The van der Waals surface area contributed by atoms with Crippen LogP contribution in [-0.4, -0.2) is 105 Å². The predicted molar refractivity (Wildman–Crippen MR) is 456 cm³/mol. The van der Waals surface area contributed by atoms with Crippen LogP contribution < -0.4 is 0 Å². The first kappa shape index (κ1) is 98.0. The standard InChI is InChI=1S/C92H174N2O6Si2/c1-9-13-17-21-25-29-33-37-41-45-49-53-57-61-67-75-87-95-91(79-71-63-59-55-51-47-43-39-35-31-27-23-19-15-11-3)99-101(5,6)97-89-77-69-65-73-81-93-83-85-94(86-84-93)82-74-66-70-78-90-98-102(7,8)100-92(80-72-64-60-56-52-48-44-40-36-32-28-24-20-16-12-4)96-88-76-68-62-58-54-50-46-42-38-34-30-26-22-18-14-10-2/h25-32,37-44,91-92H,9-24,33-36,45-90H2,1-8H3/b29-25-,30-26-,31-27-,32-28-,41-37-,42-38-,43-39-,44-40-. The molecule has 0 N–H and O–H groups in total. The van der Waals surface area contributed by atoms with E-state index in [1.807, 2.05) is 0 Å². The Morgan fingerprint density at radius 2 is 0.461 bits per heavy atom. The van der Waals surface area contributed by atoms with E-state index in [0.29, 0.717) is 0 Å². The van der Waals surface area contributed by atoms with Crippen LogP contribution in [0.25, 0.3) is 0 Å².